The Kier molecular flexibility index (Phi) is 4.81. The summed E-state index contributed by atoms with van der Waals surface area (Å²) in [4.78, 5) is 15.3. The van der Waals surface area contributed by atoms with Crippen molar-refractivity contribution in [1.82, 2.24) is 9.55 Å². The third-order valence-corrected chi connectivity index (χ3v) is 3.85. The Morgan fingerprint density at radius 2 is 2.21 bits per heavy atom. The first kappa shape index (κ1) is 13.9. The highest BCUT2D eigenvalue weighted by molar-refractivity contribution is 7.99. The van der Waals surface area contributed by atoms with Gasteiger partial charge in [0.2, 0.25) is 0 Å². The van der Waals surface area contributed by atoms with Gasteiger partial charge in [0.25, 0.3) is 0 Å². The minimum absolute atomic E-state index is 0.225. The average molecular weight is 280 g/mol. The average Bonchev–Trinajstić information content (AvgIpc) is 2.81. The summed E-state index contributed by atoms with van der Waals surface area (Å²) in [5, 5.41) is 17.8. The van der Waals surface area contributed by atoms with E-state index in [1.807, 2.05) is 10.6 Å². The molecule has 19 heavy (non-hydrogen) atoms. The van der Waals surface area contributed by atoms with Crippen LogP contribution in [0.4, 0.5) is 0 Å². The second kappa shape index (κ2) is 6.58. The number of para-hydroxylation sites is 1. The van der Waals surface area contributed by atoms with Gasteiger partial charge >= 0.3 is 5.97 Å². The fourth-order valence-corrected chi connectivity index (χ4v) is 2.73. The zero-order valence-corrected chi connectivity index (χ0v) is 11.3. The highest BCUT2D eigenvalue weighted by atomic mass is 32.2. The number of fused-ring (bicyclic) bond motifs is 1. The molecular weight excluding hydrogens is 264 g/mol. The minimum atomic E-state index is -0.951. The third-order valence-electron chi connectivity index (χ3n) is 2.80. The Bertz CT molecular complexity index is 568. The molecule has 6 heteroatoms. The summed E-state index contributed by atoms with van der Waals surface area (Å²) < 4.78 is 1.97. The number of carboxylic acids is 1. The molecule has 0 atom stereocenters. The van der Waals surface area contributed by atoms with Crippen LogP contribution in [0.5, 0.6) is 0 Å². The van der Waals surface area contributed by atoms with Crippen LogP contribution in [-0.2, 0) is 6.54 Å². The van der Waals surface area contributed by atoms with E-state index in [0.717, 1.165) is 30.0 Å². The molecule has 0 spiro atoms. The van der Waals surface area contributed by atoms with E-state index in [4.69, 9.17) is 10.2 Å². The molecule has 1 aromatic carbocycles. The Morgan fingerprint density at radius 3 is 2.95 bits per heavy atom. The SMILES string of the molecule is O=C(O)c1cccc2c1ncn2CCSCCCO. The number of aliphatic hydroxyl groups excluding tert-OH is 1. The number of carboxylic acid groups (broad SMARTS) is 1. The van der Waals surface area contributed by atoms with Gasteiger partial charge < -0.3 is 14.8 Å². The molecule has 2 aromatic rings. The summed E-state index contributed by atoms with van der Waals surface area (Å²) in [5.41, 5.74) is 1.63. The number of aromatic nitrogens is 2. The van der Waals surface area contributed by atoms with E-state index in [2.05, 4.69) is 4.98 Å². The molecule has 2 rings (SSSR count). The molecule has 0 bridgehead atoms. The molecule has 102 valence electrons. The van der Waals surface area contributed by atoms with Gasteiger partial charge in [-0.1, -0.05) is 6.07 Å². The molecule has 0 aliphatic carbocycles. The predicted octanol–water partition coefficient (Wildman–Crippen LogP) is 1.85. The molecule has 0 aliphatic heterocycles. The Hall–Kier alpha value is -1.53. The van der Waals surface area contributed by atoms with E-state index < -0.39 is 5.97 Å². The van der Waals surface area contributed by atoms with Crippen molar-refractivity contribution in [3.05, 3.63) is 30.1 Å². The van der Waals surface area contributed by atoms with Gasteiger partial charge in [-0.15, -0.1) is 0 Å². The van der Waals surface area contributed by atoms with E-state index in [0.29, 0.717) is 5.52 Å². The fraction of sp³-hybridized carbons (Fsp3) is 0.385. The smallest absolute Gasteiger partial charge is 0.337 e. The molecule has 0 saturated carbocycles. The molecule has 0 aliphatic rings. The number of carbonyl (C=O) groups is 1. The lowest BCUT2D eigenvalue weighted by molar-refractivity contribution is 0.0699. The number of nitrogens with zero attached hydrogens (tertiary/aromatic N) is 2. The van der Waals surface area contributed by atoms with Crippen molar-refractivity contribution in [1.29, 1.82) is 0 Å². The van der Waals surface area contributed by atoms with Gasteiger partial charge in [0.15, 0.2) is 0 Å². The van der Waals surface area contributed by atoms with Gasteiger partial charge in [-0.05, 0) is 24.3 Å². The third kappa shape index (κ3) is 3.27. The van der Waals surface area contributed by atoms with E-state index in [1.54, 1.807) is 30.2 Å². The first-order chi connectivity index (χ1) is 9.24. The van der Waals surface area contributed by atoms with Crippen molar-refractivity contribution < 1.29 is 15.0 Å². The molecule has 5 nitrogen and oxygen atoms in total. The predicted molar refractivity (Wildman–Crippen MR) is 75.7 cm³/mol. The van der Waals surface area contributed by atoms with Crippen molar-refractivity contribution in [2.75, 3.05) is 18.1 Å². The van der Waals surface area contributed by atoms with Crippen LogP contribution in [0.2, 0.25) is 0 Å². The Morgan fingerprint density at radius 1 is 1.37 bits per heavy atom. The van der Waals surface area contributed by atoms with E-state index in [9.17, 15) is 4.79 Å². The maximum Gasteiger partial charge on any atom is 0.337 e. The van der Waals surface area contributed by atoms with Crippen LogP contribution >= 0.6 is 11.8 Å². The lowest BCUT2D eigenvalue weighted by Gasteiger charge is -2.04. The maximum atomic E-state index is 11.1. The number of aryl methyl sites for hydroxylation is 1. The second-order valence-electron chi connectivity index (χ2n) is 4.11. The molecule has 0 saturated heterocycles. The van der Waals surface area contributed by atoms with Crippen molar-refractivity contribution in [3.63, 3.8) is 0 Å². The number of aromatic carboxylic acids is 1. The number of thioether (sulfide) groups is 1. The van der Waals surface area contributed by atoms with Crippen LogP contribution in [-0.4, -0.2) is 43.8 Å². The Balaban J connectivity index is 2.08. The van der Waals surface area contributed by atoms with E-state index in [1.165, 1.54) is 0 Å². The Labute approximate surface area is 115 Å². The number of imidazole rings is 1. The van der Waals surface area contributed by atoms with Crippen molar-refractivity contribution >= 4 is 28.8 Å². The van der Waals surface area contributed by atoms with E-state index in [-0.39, 0.29) is 12.2 Å². The highest BCUT2D eigenvalue weighted by Crippen LogP contribution is 2.18. The van der Waals surface area contributed by atoms with Crippen LogP contribution in [0.1, 0.15) is 16.8 Å². The highest BCUT2D eigenvalue weighted by Gasteiger charge is 2.11. The summed E-state index contributed by atoms with van der Waals surface area (Å²) in [6, 6.07) is 5.19. The molecule has 1 aromatic heterocycles. The molecule has 1 heterocycles. The summed E-state index contributed by atoms with van der Waals surface area (Å²) in [5.74, 6) is 0.903. The molecule has 0 unspecified atom stereocenters. The zero-order valence-electron chi connectivity index (χ0n) is 10.5. The van der Waals surface area contributed by atoms with Crippen molar-refractivity contribution in [2.45, 2.75) is 13.0 Å². The van der Waals surface area contributed by atoms with Crippen LogP contribution in [0.25, 0.3) is 11.0 Å². The first-order valence-electron chi connectivity index (χ1n) is 6.10. The zero-order chi connectivity index (χ0) is 13.7. The van der Waals surface area contributed by atoms with Gasteiger partial charge in [-0.25, -0.2) is 9.78 Å². The summed E-state index contributed by atoms with van der Waals surface area (Å²) in [7, 11) is 0. The van der Waals surface area contributed by atoms with E-state index >= 15 is 0 Å². The second-order valence-corrected chi connectivity index (χ2v) is 5.33. The number of hydrogen-bond acceptors (Lipinski definition) is 4. The normalized spacial score (nSPS) is 11.0. The monoisotopic (exact) mass is 280 g/mol. The van der Waals surface area contributed by atoms with Gasteiger partial charge in [0.05, 0.1) is 17.4 Å². The number of hydrogen-bond donors (Lipinski definition) is 2. The topological polar surface area (TPSA) is 75.3 Å². The van der Waals surface area contributed by atoms with Crippen LogP contribution < -0.4 is 0 Å². The van der Waals surface area contributed by atoms with Crippen molar-refractivity contribution in [3.8, 4) is 0 Å². The number of benzene rings is 1. The fourth-order valence-electron chi connectivity index (χ4n) is 1.87. The van der Waals surface area contributed by atoms with Gasteiger partial charge in [0.1, 0.15) is 5.52 Å². The molecule has 0 fully saturated rings. The van der Waals surface area contributed by atoms with Crippen LogP contribution in [0.3, 0.4) is 0 Å². The van der Waals surface area contributed by atoms with Gasteiger partial charge in [0, 0.05) is 18.9 Å². The quantitative estimate of drug-likeness (QED) is 0.757. The van der Waals surface area contributed by atoms with Gasteiger partial charge in [-0.2, -0.15) is 11.8 Å². The lowest BCUT2D eigenvalue weighted by Crippen LogP contribution is -2.01. The standard InChI is InChI=1S/C13H16N2O3S/c16-6-2-7-19-8-5-15-9-14-12-10(13(17)18)3-1-4-11(12)15/h1,3-4,9,16H,2,5-8H2,(H,17,18). The first-order valence-corrected chi connectivity index (χ1v) is 7.25. The summed E-state index contributed by atoms with van der Waals surface area (Å²) in [6.45, 7) is 1.01. The molecule has 2 N–H and O–H groups in total. The van der Waals surface area contributed by atoms with Crippen molar-refractivity contribution in [2.24, 2.45) is 0 Å². The molecule has 0 amide bonds. The summed E-state index contributed by atoms with van der Waals surface area (Å²) in [6.07, 6.45) is 2.49. The summed E-state index contributed by atoms with van der Waals surface area (Å²) >= 11 is 1.77. The molecular formula is C13H16N2O3S. The number of aliphatic hydroxyl groups is 1. The lowest BCUT2D eigenvalue weighted by atomic mass is 10.2. The minimum Gasteiger partial charge on any atom is -0.478 e. The van der Waals surface area contributed by atoms with Gasteiger partial charge in [-0.3, -0.25) is 0 Å². The number of rotatable bonds is 7. The molecule has 0 radical (unpaired) electrons. The van der Waals surface area contributed by atoms with Crippen LogP contribution in [0.15, 0.2) is 24.5 Å². The largest absolute Gasteiger partial charge is 0.478 e. The van der Waals surface area contributed by atoms with Crippen LogP contribution in [0, 0.1) is 0 Å². The maximum absolute atomic E-state index is 11.1.